The van der Waals surface area contributed by atoms with Crippen LogP contribution in [-0.2, 0) is 56.8 Å². The van der Waals surface area contributed by atoms with Crippen molar-refractivity contribution in [1.82, 2.24) is 5.32 Å². The summed E-state index contributed by atoms with van der Waals surface area (Å²) < 4.78 is 66.2. The standard InChI is InChI=1S/C43H69NO13/c1-2-3-4-9-15-46-17-19-48-21-23-50-25-27-52-29-31-54-33-35-56-36-34-55-32-30-53-28-26-51-24-22-49-20-18-47-16-14-44-43(45)57-37-42-40-12-7-5-10-38(40)39-11-6-8-13-41(39)42/h5-8,10-13,42H,2-4,9,14-37H2,1H3,(H,44,45). The molecule has 0 unspecified atom stereocenters. The average Bonchev–Trinajstić information content (AvgIpc) is 3.55. The highest BCUT2D eigenvalue weighted by molar-refractivity contribution is 5.79. The maximum atomic E-state index is 12.3. The molecule has 0 fully saturated rings. The van der Waals surface area contributed by atoms with Crippen molar-refractivity contribution in [2.45, 2.75) is 38.5 Å². The Morgan fingerprint density at radius 1 is 0.439 bits per heavy atom. The van der Waals surface area contributed by atoms with Crippen LogP contribution in [0.1, 0.15) is 49.7 Å². The van der Waals surface area contributed by atoms with E-state index in [1.807, 2.05) is 24.3 Å². The summed E-state index contributed by atoms with van der Waals surface area (Å²) in [5.74, 6) is 0.0371. The fourth-order valence-corrected chi connectivity index (χ4v) is 5.81. The van der Waals surface area contributed by atoms with Crippen LogP contribution in [0.2, 0.25) is 0 Å². The first kappa shape index (κ1) is 48.6. The van der Waals surface area contributed by atoms with Crippen LogP contribution in [-0.4, -0.2) is 165 Å². The zero-order valence-corrected chi connectivity index (χ0v) is 34.3. The van der Waals surface area contributed by atoms with Gasteiger partial charge in [0.05, 0.1) is 139 Å². The number of ether oxygens (including phenoxy) is 12. The molecule has 2 aromatic rings. The number of amides is 1. The van der Waals surface area contributed by atoms with E-state index >= 15 is 0 Å². The molecular weight excluding hydrogens is 738 g/mol. The van der Waals surface area contributed by atoms with Crippen molar-refractivity contribution in [3.8, 4) is 11.1 Å². The Labute approximate surface area is 340 Å². The zero-order chi connectivity index (χ0) is 40.1. The summed E-state index contributed by atoms with van der Waals surface area (Å²) in [6.07, 6.45) is 4.43. The fourth-order valence-electron chi connectivity index (χ4n) is 5.81. The maximum Gasteiger partial charge on any atom is 0.407 e. The van der Waals surface area contributed by atoms with Gasteiger partial charge in [-0.2, -0.15) is 0 Å². The van der Waals surface area contributed by atoms with Crippen molar-refractivity contribution in [1.29, 1.82) is 0 Å². The highest BCUT2D eigenvalue weighted by Gasteiger charge is 2.28. The van der Waals surface area contributed by atoms with Gasteiger partial charge in [-0.05, 0) is 28.7 Å². The quantitative estimate of drug-likeness (QED) is 0.0874. The molecule has 3 rings (SSSR count). The molecule has 1 amide bonds. The Kier molecular flexibility index (Phi) is 30.1. The predicted octanol–water partition coefficient (Wildman–Crippen LogP) is 5.29. The molecule has 1 aliphatic rings. The number of rotatable bonds is 40. The lowest BCUT2D eigenvalue weighted by Crippen LogP contribution is -2.29. The third kappa shape index (κ3) is 24.1. The van der Waals surface area contributed by atoms with Crippen LogP contribution < -0.4 is 5.32 Å². The third-order valence-electron chi connectivity index (χ3n) is 8.72. The van der Waals surface area contributed by atoms with E-state index in [2.05, 4.69) is 36.5 Å². The summed E-state index contributed by atoms with van der Waals surface area (Å²) in [7, 11) is 0. The molecular formula is C43H69NO13. The second-order valence-electron chi connectivity index (χ2n) is 13.0. The van der Waals surface area contributed by atoms with Gasteiger partial charge < -0.3 is 62.2 Å². The molecule has 0 aliphatic heterocycles. The first-order chi connectivity index (χ1) is 28.3. The van der Waals surface area contributed by atoms with Crippen molar-refractivity contribution in [2.24, 2.45) is 0 Å². The highest BCUT2D eigenvalue weighted by Crippen LogP contribution is 2.44. The molecule has 0 saturated carbocycles. The monoisotopic (exact) mass is 807 g/mol. The number of benzene rings is 2. The van der Waals surface area contributed by atoms with E-state index in [0.29, 0.717) is 145 Å². The molecule has 0 aromatic heterocycles. The van der Waals surface area contributed by atoms with Gasteiger partial charge in [0.1, 0.15) is 6.61 Å². The fraction of sp³-hybridized carbons (Fsp3) is 0.698. The van der Waals surface area contributed by atoms with Gasteiger partial charge in [-0.1, -0.05) is 74.7 Å². The molecule has 57 heavy (non-hydrogen) atoms. The van der Waals surface area contributed by atoms with Crippen molar-refractivity contribution < 1.29 is 61.6 Å². The van der Waals surface area contributed by atoms with E-state index in [4.69, 9.17) is 56.8 Å². The number of carbonyl (C=O) groups excluding carboxylic acids is 1. The zero-order valence-electron chi connectivity index (χ0n) is 34.3. The topological polar surface area (TPSA) is 140 Å². The molecule has 0 atom stereocenters. The number of hydrogen-bond acceptors (Lipinski definition) is 13. The molecule has 14 nitrogen and oxygen atoms in total. The minimum absolute atomic E-state index is 0.0371. The van der Waals surface area contributed by atoms with Gasteiger partial charge in [-0.15, -0.1) is 0 Å². The smallest absolute Gasteiger partial charge is 0.407 e. The van der Waals surface area contributed by atoms with Gasteiger partial charge >= 0.3 is 6.09 Å². The summed E-state index contributed by atoms with van der Waals surface area (Å²) in [6.45, 7) is 14.2. The van der Waals surface area contributed by atoms with Crippen molar-refractivity contribution in [3.05, 3.63) is 59.7 Å². The van der Waals surface area contributed by atoms with E-state index in [1.165, 1.54) is 41.5 Å². The molecule has 324 valence electrons. The van der Waals surface area contributed by atoms with E-state index in [9.17, 15) is 4.79 Å². The Morgan fingerprint density at radius 2 is 0.772 bits per heavy atom. The number of alkyl carbamates (subject to hydrolysis) is 1. The minimum Gasteiger partial charge on any atom is -0.449 e. The number of hydrogen-bond donors (Lipinski definition) is 1. The van der Waals surface area contributed by atoms with Crippen LogP contribution in [0.3, 0.4) is 0 Å². The second kappa shape index (κ2) is 35.2. The molecule has 1 aliphatic carbocycles. The van der Waals surface area contributed by atoms with Crippen LogP contribution in [0, 0.1) is 0 Å². The third-order valence-corrected chi connectivity index (χ3v) is 8.72. The Hall–Kier alpha value is -2.73. The lowest BCUT2D eigenvalue weighted by molar-refractivity contribution is -0.0275. The average molecular weight is 808 g/mol. The van der Waals surface area contributed by atoms with Crippen LogP contribution in [0.4, 0.5) is 4.79 Å². The van der Waals surface area contributed by atoms with Gasteiger partial charge in [0, 0.05) is 19.1 Å². The van der Waals surface area contributed by atoms with E-state index in [1.54, 1.807) is 0 Å². The predicted molar refractivity (Wildman–Crippen MR) is 216 cm³/mol. The number of fused-ring (bicyclic) bond motifs is 3. The Bertz CT molecular complexity index is 1190. The summed E-state index contributed by atoms with van der Waals surface area (Å²) in [5, 5.41) is 2.75. The van der Waals surface area contributed by atoms with Gasteiger partial charge in [-0.3, -0.25) is 0 Å². The maximum absolute atomic E-state index is 12.3. The van der Waals surface area contributed by atoms with Gasteiger partial charge in [0.2, 0.25) is 0 Å². The molecule has 14 heteroatoms. The summed E-state index contributed by atoms with van der Waals surface area (Å²) in [6, 6.07) is 16.5. The van der Waals surface area contributed by atoms with Crippen LogP contribution in [0.25, 0.3) is 11.1 Å². The highest BCUT2D eigenvalue weighted by atomic mass is 16.6. The van der Waals surface area contributed by atoms with E-state index < -0.39 is 6.09 Å². The molecule has 1 N–H and O–H groups in total. The van der Waals surface area contributed by atoms with Gasteiger partial charge in [-0.25, -0.2) is 4.79 Å². The largest absolute Gasteiger partial charge is 0.449 e. The SMILES string of the molecule is CCCCCCOCCOCCOCCOCCOCCOCCOCCOCCOCCOCCOCCNC(=O)OCC1c2ccccc2-c2ccccc21. The molecule has 0 spiro atoms. The lowest BCUT2D eigenvalue weighted by atomic mass is 9.98. The summed E-state index contributed by atoms with van der Waals surface area (Å²) in [5.41, 5.74) is 4.78. The van der Waals surface area contributed by atoms with Crippen molar-refractivity contribution in [3.63, 3.8) is 0 Å². The molecule has 0 heterocycles. The first-order valence-electron chi connectivity index (χ1n) is 20.7. The van der Waals surface area contributed by atoms with Crippen molar-refractivity contribution in [2.75, 3.05) is 159 Å². The summed E-state index contributed by atoms with van der Waals surface area (Å²) in [4.78, 5) is 12.3. The second-order valence-corrected chi connectivity index (χ2v) is 13.0. The van der Waals surface area contributed by atoms with E-state index in [-0.39, 0.29) is 12.5 Å². The first-order valence-corrected chi connectivity index (χ1v) is 20.7. The normalized spacial score (nSPS) is 12.2. The molecule has 0 saturated heterocycles. The van der Waals surface area contributed by atoms with Crippen LogP contribution >= 0.6 is 0 Å². The molecule has 0 bridgehead atoms. The Morgan fingerprint density at radius 3 is 1.14 bits per heavy atom. The number of unbranched alkanes of at least 4 members (excludes halogenated alkanes) is 3. The molecule has 2 aromatic carbocycles. The number of carbonyl (C=O) groups is 1. The van der Waals surface area contributed by atoms with Gasteiger partial charge in [0.25, 0.3) is 0 Å². The van der Waals surface area contributed by atoms with E-state index in [0.717, 1.165) is 13.0 Å². The minimum atomic E-state index is -0.451. The molecule has 0 radical (unpaired) electrons. The Balaban J connectivity index is 0.931. The van der Waals surface area contributed by atoms with Crippen LogP contribution in [0.5, 0.6) is 0 Å². The van der Waals surface area contributed by atoms with Gasteiger partial charge in [0.15, 0.2) is 0 Å². The van der Waals surface area contributed by atoms with Crippen LogP contribution in [0.15, 0.2) is 48.5 Å². The van der Waals surface area contributed by atoms with Crippen molar-refractivity contribution >= 4 is 6.09 Å². The summed E-state index contributed by atoms with van der Waals surface area (Å²) >= 11 is 0. The number of nitrogens with one attached hydrogen (secondary N) is 1. The lowest BCUT2D eigenvalue weighted by Gasteiger charge is -2.14.